The highest BCUT2D eigenvalue weighted by molar-refractivity contribution is 14.0. The lowest BCUT2D eigenvalue weighted by atomic mass is 9.99. The van der Waals surface area contributed by atoms with Crippen molar-refractivity contribution in [2.45, 2.75) is 18.9 Å². The Morgan fingerprint density at radius 1 is 1.07 bits per heavy atom. The van der Waals surface area contributed by atoms with Gasteiger partial charge in [-0.3, -0.25) is 4.99 Å². The standard InChI is InChI=1S/C23H32N6.HI/c1-24-23(29-11-10-21(18-29)20-6-4-3-5-7-20)26-17-19-8-9-22(25-16-19)28-14-12-27(2)13-15-28;/h3-9,16,21H,10-15,17-18H2,1-2H3,(H,24,26);1H. The van der Waals surface area contributed by atoms with Crippen LogP contribution in [0.15, 0.2) is 53.7 Å². The Bertz CT molecular complexity index is 802. The van der Waals surface area contributed by atoms with Crippen LogP contribution in [-0.2, 0) is 6.54 Å². The van der Waals surface area contributed by atoms with Crippen LogP contribution in [0.2, 0.25) is 0 Å². The number of likely N-dealkylation sites (N-methyl/N-ethyl adjacent to an activating group) is 1. The highest BCUT2D eigenvalue weighted by Crippen LogP contribution is 2.26. The molecule has 0 saturated carbocycles. The molecule has 2 aliphatic rings. The first-order valence-electron chi connectivity index (χ1n) is 10.6. The number of piperazine rings is 1. The van der Waals surface area contributed by atoms with Crippen LogP contribution in [0.4, 0.5) is 5.82 Å². The Morgan fingerprint density at radius 3 is 2.50 bits per heavy atom. The average molecular weight is 520 g/mol. The van der Waals surface area contributed by atoms with E-state index in [1.807, 2.05) is 13.2 Å². The molecule has 2 aromatic rings. The van der Waals surface area contributed by atoms with Gasteiger partial charge in [-0.25, -0.2) is 4.98 Å². The van der Waals surface area contributed by atoms with Crippen LogP contribution in [0.5, 0.6) is 0 Å². The molecule has 1 N–H and O–H groups in total. The predicted octanol–water partition coefficient (Wildman–Crippen LogP) is 3.02. The summed E-state index contributed by atoms with van der Waals surface area (Å²) >= 11 is 0. The van der Waals surface area contributed by atoms with E-state index in [9.17, 15) is 0 Å². The van der Waals surface area contributed by atoms with Crippen LogP contribution in [0.3, 0.4) is 0 Å². The zero-order valence-corrected chi connectivity index (χ0v) is 20.3. The highest BCUT2D eigenvalue weighted by atomic mass is 127. The van der Waals surface area contributed by atoms with Gasteiger partial charge in [0.25, 0.3) is 0 Å². The summed E-state index contributed by atoms with van der Waals surface area (Å²) in [6, 6.07) is 15.1. The lowest BCUT2D eigenvalue weighted by Gasteiger charge is -2.33. The molecule has 6 nitrogen and oxygen atoms in total. The Balaban J connectivity index is 0.00000256. The van der Waals surface area contributed by atoms with Crippen molar-refractivity contribution in [3.8, 4) is 0 Å². The summed E-state index contributed by atoms with van der Waals surface area (Å²) in [4.78, 5) is 16.3. The topological polar surface area (TPSA) is 47.0 Å². The van der Waals surface area contributed by atoms with Gasteiger partial charge in [0.15, 0.2) is 5.96 Å². The minimum absolute atomic E-state index is 0. The second-order valence-corrected chi connectivity index (χ2v) is 8.06. The van der Waals surface area contributed by atoms with Crippen LogP contribution in [0.25, 0.3) is 0 Å². The fraction of sp³-hybridized carbons (Fsp3) is 0.478. The van der Waals surface area contributed by atoms with E-state index in [1.54, 1.807) is 0 Å². The van der Waals surface area contributed by atoms with Gasteiger partial charge in [-0.05, 0) is 30.7 Å². The van der Waals surface area contributed by atoms with Gasteiger partial charge >= 0.3 is 0 Å². The van der Waals surface area contributed by atoms with Crippen LogP contribution < -0.4 is 10.2 Å². The fourth-order valence-electron chi connectivity index (χ4n) is 4.21. The first-order chi connectivity index (χ1) is 14.2. The molecular formula is C23H33IN6. The minimum Gasteiger partial charge on any atom is -0.354 e. The summed E-state index contributed by atoms with van der Waals surface area (Å²) in [5, 5.41) is 3.52. The maximum Gasteiger partial charge on any atom is 0.193 e. The number of benzene rings is 1. The molecule has 162 valence electrons. The smallest absolute Gasteiger partial charge is 0.193 e. The summed E-state index contributed by atoms with van der Waals surface area (Å²) in [5.74, 6) is 2.64. The van der Waals surface area contributed by atoms with Crippen molar-refractivity contribution < 1.29 is 0 Å². The van der Waals surface area contributed by atoms with Gasteiger partial charge in [-0.15, -0.1) is 24.0 Å². The molecule has 0 spiro atoms. The minimum atomic E-state index is 0. The zero-order valence-electron chi connectivity index (χ0n) is 18.0. The highest BCUT2D eigenvalue weighted by Gasteiger charge is 2.25. The monoisotopic (exact) mass is 520 g/mol. The normalized spacial score (nSPS) is 20.2. The molecule has 0 radical (unpaired) electrons. The van der Waals surface area contributed by atoms with Gasteiger partial charge in [-0.1, -0.05) is 36.4 Å². The molecule has 2 aliphatic heterocycles. The van der Waals surface area contributed by atoms with Crippen LogP contribution >= 0.6 is 24.0 Å². The first-order valence-corrected chi connectivity index (χ1v) is 10.6. The Hall–Kier alpha value is -1.87. The summed E-state index contributed by atoms with van der Waals surface area (Å²) < 4.78 is 0. The SMILES string of the molecule is CN=C(NCc1ccc(N2CCN(C)CC2)nc1)N1CCC(c2ccccc2)C1.I. The average Bonchev–Trinajstić information content (AvgIpc) is 3.26. The molecule has 4 rings (SSSR count). The number of pyridine rings is 1. The maximum atomic E-state index is 4.69. The number of aromatic nitrogens is 1. The number of hydrogen-bond donors (Lipinski definition) is 1. The van der Waals surface area contributed by atoms with Gasteiger partial charge in [0.1, 0.15) is 5.82 Å². The van der Waals surface area contributed by atoms with Gasteiger partial charge in [-0.2, -0.15) is 0 Å². The molecular weight excluding hydrogens is 487 g/mol. The van der Waals surface area contributed by atoms with E-state index >= 15 is 0 Å². The summed E-state index contributed by atoms with van der Waals surface area (Å²) in [6.07, 6.45) is 3.16. The molecule has 1 aromatic heterocycles. The van der Waals surface area contributed by atoms with E-state index in [1.165, 1.54) is 17.5 Å². The van der Waals surface area contributed by atoms with Gasteiger partial charge < -0.3 is 20.0 Å². The lowest BCUT2D eigenvalue weighted by Crippen LogP contribution is -2.44. The number of anilines is 1. The lowest BCUT2D eigenvalue weighted by molar-refractivity contribution is 0.312. The van der Waals surface area contributed by atoms with E-state index in [0.29, 0.717) is 5.92 Å². The summed E-state index contributed by atoms with van der Waals surface area (Å²) in [6.45, 7) is 7.10. The number of halogens is 1. The third-order valence-corrected chi connectivity index (χ3v) is 6.06. The Labute approximate surface area is 197 Å². The molecule has 1 aromatic carbocycles. The van der Waals surface area contributed by atoms with Crippen LogP contribution in [-0.4, -0.2) is 74.1 Å². The molecule has 1 unspecified atom stereocenters. The van der Waals surface area contributed by atoms with Crippen LogP contribution in [0, 0.1) is 0 Å². The van der Waals surface area contributed by atoms with Crippen molar-refractivity contribution in [3.05, 3.63) is 59.8 Å². The molecule has 0 bridgehead atoms. The van der Waals surface area contributed by atoms with E-state index in [-0.39, 0.29) is 24.0 Å². The maximum absolute atomic E-state index is 4.69. The fourth-order valence-corrected chi connectivity index (χ4v) is 4.21. The van der Waals surface area contributed by atoms with E-state index in [0.717, 1.165) is 57.6 Å². The van der Waals surface area contributed by atoms with Crippen molar-refractivity contribution in [1.82, 2.24) is 20.1 Å². The summed E-state index contributed by atoms with van der Waals surface area (Å²) in [5.41, 5.74) is 2.61. The number of nitrogens with one attached hydrogen (secondary N) is 1. The van der Waals surface area contributed by atoms with Crippen molar-refractivity contribution in [2.24, 2.45) is 4.99 Å². The number of guanidine groups is 1. The quantitative estimate of drug-likeness (QED) is 0.382. The van der Waals surface area contributed by atoms with Crippen LogP contribution in [0.1, 0.15) is 23.5 Å². The first kappa shape index (κ1) is 22.8. The molecule has 0 amide bonds. The molecule has 1 atom stereocenters. The molecule has 2 fully saturated rings. The van der Waals surface area contributed by atoms with Gasteiger partial charge in [0.05, 0.1) is 0 Å². The number of likely N-dealkylation sites (tertiary alicyclic amines) is 1. The number of hydrogen-bond acceptors (Lipinski definition) is 4. The third-order valence-electron chi connectivity index (χ3n) is 6.06. The Morgan fingerprint density at radius 2 is 1.83 bits per heavy atom. The van der Waals surface area contributed by atoms with E-state index < -0.39 is 0 Å². The second kappa shape index (κ2) is 10.9. The van der Waals surface area contributed by atoms with Crippen molar-refractivity contribution in [2.75, 3.05) is 58.3 Å². The third kappa shape index (κ3) is 5.63. The second-order valence-electron chi connectivity index (χ2n) is 8.06. The molecule has 30 heavy (non-hydrogen) atoms. The van der Waals surface area contributed by atoms with Crippen molar-refractivity contribution in [3.63, 3.8) is 0 Å². The van der Waals surface area contributed by atoms with Crippen molar-refractivity contribution in [1.29, 1.82) is 0 Å². The van der Waals surface area contributed by atoms with Gasteiger partial charge in [0, 0.05) is 65.0 Å². The number of nitrogens with zero attached hydrogens (tertiary/aromatic N) is 5. The predicted molar refractivity (Wildman–Crippen MR) is 135 cm³/mol. The number of aliphatic imine (C=N–C) groups is 1. The summed E-state index contributed by atoms with van der Waals surface area (Å²) in [7, 11) is 4.04. The van der Waals surface area contributed by atoms with E-state index in [4.69, 9.17) is 4.98 Å². The molecule has 0 aliphatic carbocycles. The zero-order chi connectivity index (χ0) is 20.1. The molecule has 2 saturated heterocycles. The van der Waals surface area contributed by atoms with Crippen molar-refractivity contribution >= 4 is 35.8 Å². The molecule has 3 heterocycles. The van der Waals surface area contributed by atoms with E-state index in [2.05, 4.69) is 74.5 Å². The number of rotatable bonds is 4. The largest absolute Gasteiger partial charge is 0.354 e. The van der Waals surface area contributed by atoms with Gasteiger partial charge in [0.2, 0.25) is 0 Å². The Kier molecular flexibility index (Phi) is 8.32. The molecule has 7 heteroatoms.